The van der Waals surface area contributed by atoms with Crippen LogP contribution in [0.4, 0.5) is 5.69 Å². The number of nitrogens with zero attached hydrogens (tertiary/aromatic N) is 3. The largest absolute Gasteiger partial charge is 0.486 e. The van der Waals surface area contributed by atoms with Gasteiger partial charge in [0.2, 0.25) is 5.91 Å². The Kier molecular flexibility index (Phi) is 7.11. The molecule has 0 unspecified atom stereocenters. The second-order valence-electron chi connectivity index (χ2n) is 6.06. The van der Waals surface area contributed by atoms with Crippen LogP contribution in [0.1, 0.15) is 18.3 Å². The Balaban J connectivity index is 1.58. The number of ether oxygens (including phenoxy) is 1. The highest BCUT2D eigenvalue weighted by atomic mass is 79.9. The molecule has 0 fully saturated rings. The van der Waals surface area contributed by atoms with Crippen LogP contribution in [0.25, 0.3) is 0 Å². The van der Waals surface area contributed by atoms with E-state index in [1.165, 1.54) is 11.8 Å². The number of carbonyl (C=O) groups excluding carboxylic acids is 1. The summed E-state index contributed by atoms with van der Waals surface area (Å²) in [6.45, 7) is 5.07. The predicted octanol–water partition coefficient (Wildman–Crippen LogP) is 4.68. The molecule has 6 nitrogen and oxygen atoms in total. The highest BCUT2D eigenvalue weighted by Crippen LogP contribution is 2.23. The number of amides is 1. The molecule has 0 aliphatic carbocycles. The Morgan fingerprint density at radius 2 is 2.04 bits per heavy atom. The van der Waals surface area contributed by atoms with E-state index in [0.29, 0.717) is 18.3 Å². The predicted molar refractivity (Wildman–Crippen MR) is 115 cm³/mol. The Bertz CT molecular complexity index is 961. The van der Waals surface area contributed by atoms with Gasteiger partial charge in [0.05, 0.1) is 11.4 Å². The average molecular weight is 461 g/mol. The van der Waals surface area contributed by atoms with Crippen LogP contribution >= 0.6 is 27.7 Å². The molecular formula is C20H21BrN4O2S. The number of para-hydroxylation sites is 1. The highest BCUT2D eigenvalue weighted by molar-refractivity contribution is 9.10. The number of hydrogen-bond donors (Lipinski definition) is 1. The molecule has 0 spiro atoms. The van der Waals surface area contributed by atoms with E-state index in [2.05, 4.69) is 31.4 Å². The number of carbonyl (C=O) groups is 1. The summed E-state index contributed by atoms with van der Waals surface area (Å²) in [5.74, 6) is 1.68. The minimum atomic E-state index is -0.0971. The molecule has 0 saturated heterocycles. The maximum atomic E-state index is 12.3. The summed E-state index contributed by atoms with van der Waals surface area (Å²) in [5.41, 5.74) is 1.89. The van der Waals surface area contributed by atoms with Crippen molar-refractivity contribution in [3.05, 3.63) is 64.4 Å². The van der Waals surface area contributed by atoms with Gasteiger partial charge in [-0.3, -0.25) is 4.79 Å². The molecule has 28 heavy (non-hydrogen) atoms. The van der Waals surface area contributed by atoms with Gasteiger partial charge in [-0.15, -0.1) is 10.2 Å². The number of halogens is 1. The average Bonchev–Trinajstić information content (AvgIpc) is 3.08. The van der Waals surface area contributed by atoms with Gasteiger partial charge in [-0.2, -0.15) is 0 Å². The third-order valence-electron chi connectivity index (χ3n) is 3.95. The molecule has 0 bridgehead atoms. The summed E-state index contributed by atoms with van der Waals surface area (Å²) in [7, 11) is 0. The number of aryl methyl sites for hydroxylation is 1. The quantitative estimate of drug-likeness (QED) is 0.494. The summed E-state index contributed by atoms with van der Waals surface area (Å²) >= 11 is 4.78. The molecule has 0 aliphatic heterocycles. The summed E-state index contributed by atoms with van der Waals surface area (Å²) in [5, 5.41) is 12.0. The molecule has 1 aromatic heterocycles. The van der Waals surface area contributed by atoms with Crippen LogP contribution in [0.15, 0.2) is 58.2 Å². The molecule has 3 rings (SSSR count). The smallest absolute Gasteiger partial charge is 0.234 e. The Labute approximate surface area is 176 Å². The minimum Gasteiger partial charge on any atom is -0.486 e. The lowest BCUT2D eigenvalue weighted by molar-refractivity contribution is -0.113. The number of hydrogen-bond acceptors (Lipinski definition) is 5. The van der Waals surface area contributed by atoms with Crippen LogP contribution in [0.3, 0.4) is 0 Å². The van der Waals surface area contributed by atoms with Gasteiger partial charge >= 0.3 is 0 Å². The second kappa shape index (κ2) is 9.75. The lowest BCUT2D eigenvalue weighted by Gasteiger charge is -2.10. The van der Waals surface area contributed by atoms with Gasteiger partial charge in [0.15, 0.2) is 11.0 Å². The van der Waals surface area contributed by atoms with Crippen molar-refractivity contribution in [3.63, 3.8) is 0 Å². The van der Waals surface area contributed by atoms with Crippen LogP contribution < -0.4 is 10.1 Å². The molecule has 8 heteroatoms. The van der Waals surface area contributed by atoms with Gasteiger partial charge in [0.1, 0.15) is 12.4 Å². The molecule has 1 amide bonds. The fourth-order valence-corrected chi connectivity index (χ4v) is 3.79. The zero-order valence-corrected chi connectivity index (χ0v) is 18.1. The van der Waals surface area contributed by atoms with Crippen LogP contribution in [0.5, 0.6) is 5.75 Å². The lowest BCUT2D eigenvalue weighted by Crippen LogP contribution is -2.15. The number of anilines is 1. The maximum absolute atomic E-state index is 12.3. The minimum absolute atomic E-state index is 0.0971. The van der Waals surface area contributed by atoms with E-state index in [4.69, 9.17) is 4.74 Å². The van der Waals surface area contributed by atoms with E-state index < -0.39 is 0 Å². The summed E-state index contributed by atoms with van der Waals surface area (Å²) in [6.07, 6.45) is 0. The van der Waals surface area contributed by atoms with Crippen molar-refractivity contribution < 1.29 is 9.53 Å². The normalized spacial score (nSPS) is 10.7. The van der Waals surface area contributed by atoms with Gasteiger partial charge in [-0.05, 0) is 59.6 Å². The third kappa shape index (κ3) is 5.36. The van der Waals surface area contributed by atoms with Crippen molar-refractivity contribution in [2.75, 3.05) is 11.1 Å². The monoisotopic (exact) mass is 460 g/mol. The Morgan fingerprint density at radius 1 is 1.21 bits per heavy atom. The van der Waals surface area contributed by atoms with Crippen molar-refractivity contribution in [1.29, 1.82) is 0 Å². The molecule has 1 N–H and O–H groups in total. The first-order valence-corrected chi connectivity index (χ1v) is 10.6. The fraction of sp³-hybridized carbons (Fsp3) is 0.250. The van der Waals surface area contributed by atoms with Gasteiger partial charge in [0.25, 0.3) is 0 Å². The molecule has 0 aliphatic rings. The zero-order chi connectivity index (χ0) is 19.9. The first-order chi connectivity index (χ1) is 13.6. The molecule has 1 heterocycles. The van der Waals surface area contributed by atoms with Gasteiger partial charge in [-0.25, -0.2) is 0 Å². The van der Waals surface area contributed by atoms with Gasteiger partial charge in [0, 0.05) is 11.0 Å². The fourth-order valence-electron chi connectivity index (χ4n) is 2.58. The molecular weight excluding hydrogens is 440 g/mol. The van der Waals surface area contributed by atoms with Crippen molar-refractivity contribution in [2.24, 2.45) is 0 Å². The van der Waals surface area contributed by atoms with E-state index >= 15 is 0 Å². The van der Waals surface area contributed by atoms with E-state index in [1.807, 2.05) is 66.9 Å². The van der Waals surface area contributed by atoms with Crippen molar-refractivity contribution in [2.45, 2.75) is 32.2 Å². The Morgan fingerprint density at radius 3 is 2.79 bits per heavy atom. The molecule has 2 aromatic carbocycles. The van der Waals surface area contributed by atoms with Crippen LogP contribution in [-0.2, 0) is 17.9 Å². The third-order valence-corrected chi connectivity index (χ3v) is 5.61. The summed E-state index contributed by atoms with van der Waals surface area (Å²) in [6, 6.07) is 15.4. The second-order valence-corrected chi connectivity index (χ2v) is 7.86. The van der Waals surface area contributed by atoms with E-state index in [0.717, 1.165) is 27.3 Å². The molecule has 3 aromatic rings. The number of nitrogens with one attached hydrogen (secondary N) is 1. The van der Waals surface area contributed by atoms with Gasteiger partial charge in [-0.1, -0.05) is 36.0 Å². The van der Waals surface area contributed by atoms with Crippen molar-refractivity contribution in [3.8, 4) is 5.75 Å². The standard InChI is InChI=1S/C20H21BrN4O2S/c1-3-25-18(12-27-15-8-6-7-14(2)11-15)23-24-20(25)28-13-19(26)22-17-10-5-4-9-16(17)21/h4-11H,3,12-13H2,1-2H3,(H,22,26). The number of rotatable bonds is 8. The first kappa shape index (κ1) is 20.4. The maximum Gasteiger partial charge on any atom is 0.234 e. The number of benzene rings is 2. The molecule has 0 atom stereocenters. The van der Waals surface area contributed by atoms with Crippen LogP contribution in [-0.4, -0.2) is 26.4 Å². The highest BCUT2D eigenvalue weighted by Gasteiger charge is 2.14. The molecule has 0 saturated carbocycles. The summed E-state index contributed by atoms with van der Waals surface area (Å²) in [4.78, 5) is 12.3. The van der Waals surface area contributed by atoms with E-state index in [1.54, 1.807) is 0 Å². The zero-order valence-electron chi connectivity index (χ0n) is 15.7. The topological polar surface area (TPSA) is 69.0 Å². The Hall–Kier alpha value is -2.32. The van der Waals surface area contributed by atoms with Crippen LogP contribution in [0.2, 0.25) is 0 Å². The van der Waals surface area contributed by atoms with Crippen molar-refractivity contribution in [1.82, 2.24) is 14.8 Å². The SMILES string of the molecule is CCn1c(COc2cccc(C)c2)nnc1SCC(=O)Nc1ccccc1Br. The van der Waals surface area contributed by atoms with E-state index in [-0.39, 0.29) is 11.7 Å². The first-order valence-electron chi connectivity index (χ1n) is 8.85. The number of aromatic nitrogens is 3. The van der Waals surface area contributed by atoms with Crippen LogP contribution in [0, 0.1) is 6.92 Å². The van der Waals surface area contributed by atoms with E-state index in [9.17, 15) is 4.79 Å². The lowest BCUT2D eigenvalue weighted by atomic mass is 10.2. The van der Waals surface area contributed by atoms with Crippen molar-refractivity contribution >= 4 is 39.3 Å². The van der Waals surface area contributed by atoms with Gasteiger partial charge < -0.3 is 14.6 Å². The molecule has 0 radical (unpaired) electrons. The molecule has 146 valence electrons. The summed E-state index contributed by atoms with van der Waals surface area (Å²) < 4.78 is 8.64. The number of thioether (sulfide) groups is 1.